The molecule has 8 nitrogen and oxygen atoms in total. The molecule has 0 aliphatic carbocycles. The van der Waals surface area contributed by atoms with E-state index in [1.54, 1.807) is 37.5 Å². The summed E-state index contributed by atoms with van der Waals surface area (Å²) in [6.45, 7) is 2.20. The molecule has 0 fully saturated rings. The quantitative estimate of drug-likeness (QED) is 0.740. The van der Waals surface area contributed by atoms with Gasteiger partial charge in [0, 0.05) is 25.0 Å². The van der Waals surface area contributed by atoms with Gasteiger partial charge in [-0.05, 0) is 36.8 Å². The Hall–Kier alpha value is -3.29. The fourth-order valence-electron chi connectivity index (χ4n) is 1.85. The molecule has 0 saturated carbocycles. The van der Waals surface area contributed by atoms with Crippen LogP contribution in [0.5, 0.6) is 0 Å². The molecule has 3 aromatic heterocycles. The van der Waals surface area contributed by atoms with Crippen molar-refractivity contribution in [2.24, 2.45) is 0 Å². The number of carbonyl (C=O) groups is 1. The molecule has 0 unspecified atom stereocenters. The summed E-state index contributed by atoms with van der Waals surface area (Å²) in [7, 11) is 0. The second-order valence-corrected chi connectivity index (χ2v) is 4.79. The number of aryl methyl sites for hydroxylation is 1. The molecule has 1 amide bonds. The van der Waals surface area contributed by atoms with Gasteiger partial charge >= 0.3 is 0 Å². The summed E-state index contributed by atoms with van der Waals surface area (Å²) in [6, 6.07) is 8.64. The van der Waals surface area contributed by atoms with Crippen LogP contribution >= 0.6 is 0 Å². The first-order valence-corrected chi connectivity index (χ1v) is 6.92. The standard InChI is InChI=1S/C15H14N6O2/c1-10-8-14(21-23-10)18-13-3-2-12(19-20-13)15(22)17-9-11-4-6-16-7-5-11/h2-8H,9H2,1H3,(H,17,22)(H,18,20,21). The fourth-order valence-corrected chi connectivity index (χ4v) is 1.85. The highest BCUT2D eigenvalue weighted by atomic mass is 16.5. The zero-order valence-electron chi connectivity index (χ0n) is 12.4. The number of hydrogen-bond donors (Lipinski definition) is 2. The van der Waals surface area contributed by atoms with Crippen LogP contribution in [0.2, 0.25) is 0 Å². The molecule has 0 aromatic carbocycles. The second-order valence-electron chi connectivity index (χ2n) is 4.79. The molecule has 0 saturated heterocycles. The van der Waals surface area contributed by atoms with Crippen molar-refractivity contribution in [2.75, 3.05) is 5.32 Å². The molecule has 116 valence electrons. The fraction of sp³-hybridized carbons (Fsp3) is 0.133. The zero-order chi connectivity index (χ0) is 16.1. The maximum atomic E-state index is 12.0. The van der Waals surface area contributed by atoms with Crippen LogP contribution in [0.25, 0.3) is 0 Å². The van der Waals surface area contributed by atoms with Gasteiger partial charge in [-0.3, -0.25) is 9.78 Å². The van der Waals surface area contributed by atoms with Gasteiger partial charge in [0.25, 0.3) is 5.91 Å². The monoisotopic (exact) mass is 310 g/mol. The lowest BCUT2D eigenvalue weighted by Crippen LogP contribution is -2.24. The Bertz CT molecular complexity index is 785. The molecule has 0 bridgehead atoms. The van der Waals surface area contributed by atoms with Crippen LogP contribution in [0.1, 0.15) is 21.8 Å². The van der Waals surface area contributed by atoms with E-state index >= 15 is 0 Å². The maximum absolute atomic E-state index is 12.0. The van der Waals surface area contributed by atoms with Crippen LogP contribution in [0.4, 0.5) is 11.6 Å². The third-order valence-corrected chi connectivity index (χ3v) is 2.98. The number of amides is 1. The molecular formula is C15H14N6O2. The van der Waals surface area contributed by atoms with E-state index in [0.29, 0.717) is 23.9 Å². The third-order valence-electron chi connectivity index (χ3n) is 2.98. The molecule has 8 heteroatoms. The summed E-state index contributed by atoms with van der Waals surface area (Å²) in [5.41, 5.74) is 1.20. The van der Waals surface area contributed by atoms with Crippen LogP contribution in [0, 0.1) is 6.92 Å². The zero-order valence-corrected chi connectivity index (χ0v) is 12.4. The molecule has 0 aliphatic heterocycles. The Labute approximate surface area is 131 Å². The van der Waals surface area contributed by atoms with Crippen molar-refractivity contribution in [3.05, 3.63) is 59.7 Å². The van der Waals surface area contributed by atoms with Crippen molar-refractivity contribution in [2.45, 2.75) is 13.5 Å². The van der Waals surface area contributed by atoms with Crippen molar-refractivity contribution in [1.82, 2.24) is 25.7 Å². The number of hydrogen-bond acceptors (Lipinski definition) is 7. The SMILES string of the molecule is Cc1cc(Nc2ccc(C(=O)NCc3ccncc3)nn2)no1. The van der Waals surface area contributed by atoms with Gasteiger partial charge in [-0.2, -0.15) is 0 Å². The van der Waals surface area contributed by atoms with Crippen molar-refractivity contribution >= 4 is 17.5 Å². The number of rotatable bonds is 5. The molecule has 3 heterocycles. The van der Waals surface area contributed by atoms with E-state index < -0.39 is 0 Å². The smallest absolute Gasteiger partial charge is 0.272 e. The van der Waals surface area contributed by atoms with Crippen molar-refractivity contribution < 1.29 is 9.32 Å². The number of carbonyl (C=O) groups excluding carboxylic acids is 1. The number of anilines is 2. The minimum Gasteiger partial charge on any atom is -0.360 e. The highest BCUT2D eigenvalue weighted by Gasteiger charge is 2.09. The Morgan fingerprint density at radius 1 is 1.13 bits per heavy atom. The minimum atomic E-state index is -0.293. The maximum Gasteiger partial charge on any atom is 0.272 e. The van der Waals surface area contributed by atoms with E-state index in [1.807, 2.05) is 12.1 Å². The van der Waals surface area contributed by atoms with E-state index in [1.165, 1.54) is 0 Å². The topological polar surface area (TPSA) is 106 Å². The normalized spacial score (nSPS) is 10.3. The van der Waals surface area contributed by atoms with Gasteiger partial charge in [0.05, 0.1) is 0 Å². The van der Waals surface area contributed by atoms with E-state index in [2.05, 4.69) is 31.0 Å². The molecule has 0 radical (unpaired) electrons. The number of nitrogens with zero attached hydrogens (tertiary/aromatic N) is 4. The lowest BCUT2D eigenvalue weighted by Gasteiger charge is -2.05. The molecule has 23 heavy (non-hydrogen) atoms. The van der Waals surface area contributed by atoms with E-state index in [9.17, 15) is 4.79 Å². The molecule has 0 aliphatic rings. The molecule has 0 spiro atoms. The summed E-state index contributed by atoms with van der Waals surface area (Å²) in [6.07, 6.45) is 3.35. The van der Waals surface area contributed by atoms with Crippen molar-refractivity contribution in [3.8, 4) is 0 Å². The van der Waals surface area contributed by atoms with Gasteiger partial charge in [0.1, 0.15) is 5.76 Å². The first kappa shape index (κ1) is 14.6. The number of pyridine rings is 1. The summed E-state index contributed by atoms with van der Waals surface area (Å²) in [4.78, 5) is 15.9. The van der Waals surface area contributed by atoms with Gasteiger partial charge < -0.3 is 15.2 Å². The first-order valence-electron chi connectivity index (χ1n) is 6.92. The van der Waals surface area contributed by atoms with E-state index in [4.69, 9.17) is 4.52 Å². The lowest BCUT2D eigenvalue weighted by molar-refractivity contribution is 0.0945. The molecule has 0 atom stereocenters. The largest absolute Gasteiger partial charge is 0.360 e. The average molecular weight is 310 g/mol. The summed E-state index contributed by atoms with van der Waals surface area (Å²) in [5, 5.41) is 17.3. The Balaban J connectivity index is 1.59. The van der Waals surface area contributed by atoms with Gasteiger partial charge in [0.2, 0.25) is 0 Å². The highest BCUT2D eigenvalue weighted by Crippen LogP contribution is 2.13. The molecule has 3 aromatic rings. The Kier molecular flexibility index (Phi) is 4.23. The highest BCUT2D eigenvalue weighted by molar-refractivity contribution is 5.92. The molecular weight excluding hydrogens is 296 g/mol. The van der Waals surface area contributed by atoms with Crippen molar-refractivity contribution in [3.63, 3.8) is 0 Å². The van der Waals surface area contributed by atoms with Crippen LogP contribution in [0.15, 0.2) is 47.2 Å². The predicted molar refractivity (Wildman–Crippen MR) is 82.0 cm³/mol. The second kappa shape index (κ2) is 6.65. The van der Waals surface area contributed by atoms with Gasteiger partial charge in [-0.15, -0.1) is 10.2 Å². The number of aromatic nitrogens is 4. The number of nitrogens with one attached hydrogen (secondary N) is 2. The average Bonchev–Trinajstić information content (AvgIpc) is 2.99. The first-order chi connectivity index (χ1) is 11.2. The van der Waals surface area contributed by atoms with Crippen LogP contribution < -0.4 is 10.6 Å². The third kappa shape index (κ3) is 3.88. The summed E-state index contributed by atoms with van der Waals surface area (Å²) >= 11 is 0. The van der Waals surface area contributed by atoms with Crippen LogP contribution in [-0.2, 0) is 6.54 Å². The minimum absolute atomic E-state index is 0.237. The van der Waals surface area contributed by atoms with Gasteiger partial charge in [-0.1, -0.05) is 5.16 Å². The predicted octanol–water partition coefficient (Wildman–Crippen LogP) is 1.84. The van der Waals surface area contributed by atoms with Crippen LogP contribution in [-0.4, -0.2) is 26.2 Å². The molecule has 3 rings (SSSR count). The Morgan fingerprint density at radius 3 is 2.61 bits per heavy atom. The van der Waals surface area contributed by atoms with Gasteiger partial charge in [0.15, 0.2) is 17.3 Å². The summed E-state index contributed by atoms with van der Waals surface area (Å²) in [5.74, 6) is 1.40. The van der Waals surface area contributed by atoms with E-state index in [0.717, 1.165) is 5.56 Å². The van der Waals surface area contributed by atoms with Crippen LogP contribution in [0.3, 0.4) is 0 Å². The Morgan fingerprint density at radius 2 is 1.96 bits per heavy atom. The summed E-state index contributed by atoms with van der Waals surface area (Å²) < 4.78 is 4.94. The molecule has 2 N–H and O–H groups in total. The van der Waals surface area contributed by atoms with Gasteiger partial charge in [-0.25, -0.2) is 0 Å². The van der Waals surface area contributed by atoms with Crippen molar-refractivity contribution in [1.29, 1.82) is 0 Å². The van der Waals surface area contributed by atoms with E-state index in [-0.39, 0.29) is 11.6 Å². The lowest BCUT2D eigenvalue weighted by atomic mass is 10.2.